The number of carbonyl (C=O) groups is 2. The van der Waals surface area contributed by atoms with Crippen LogP contribution in [0, 0.1) is 5.82 Å². The number of halogens is 5. The molecule has 0 spiro atoms. The number of pyridine rings is 1. The second-order valence-corrected chi connectivity index (χ2v) is 8.70. The molecule has 0 aliphatic carbocycles. The van der Waals surface area contributed by atoms with Crippen LogP contribution in [0.1, 0.15) is 28.8 Å². The van der Waals surface area contributed by atoms with Gasteiger partial charge in [-0.15, -0.1) is 0 Å². The van der Waals surface area contributed by atoms with Gasteiger partial charge in [0.15, 0.2) is 0 Å². The van der Waals surface area contributed by atoms with Gasteiger partial charge in [-0.2, -0.15) is 13.2 Å². The maximum absolute atomic E-state index is 14.6. The molecule has 0 bridgehead atoms. The van der Waals surface area contributed by atoms with Crippen molar-refractivity contribution in [3.8, 4) is 0 Å². The van der Waals surface area contributed by atoms with E-state index in [1.165, 1.54) is 18.3 Å². The zero-order valence-electron chi connectivity index (χ0n) is 18.6. The van der Waals surface area contributed by atoms with Crippen molar-refractivity contribution in [2.75, 3.05) is 6.61 Å². The summed E-state index contributed by atoms with van der Waals surface area (Å²) in [6.45, 7) is 0.122. The van der Waals surface area contributed by atoms with Gasteiger partial charge >= 0.3 is 18.2 Å². The highest BCUT2D eigenvalue weighted by Gasteiger charge is 2.41. The Labute approximate surface area is 208 Å². The van der Waals surface area contributed by atoms with Gasteiger partial charge in [0, 0.05) is 19.0 Å². The Hall–Kier alpha value is -3.66. The summed E-state index contributed by atoms with van der Waals surface area (Å²) in [5.74, 6) is -1.78. The van der Waals surface area contributed by atoms with Crippen molar-refractivity contribution < 1.29 is 31.9 Å². The van der Waals surface area contributed by atoms with Gasteiger partial charge in [0.1, 0.15) is 17.4 Å². The van der Waals surface area contributed by atoms with Crippen molar-refractivity contribution in [3.63, 3.8) is 0 Å². The number of rotatable bonds is 6. The number of amides is 2. The number of alkyl halides is 3. The summed E-state index contributed by atoms with van der Waals surface area (Å²) in [6, 6.07) is 11.8. The Kier molecular flexibility index (Phi) is 7.16. The number of cyclic esters (lactones) is 1. The lowest BCUT2D eigenvalue weighted by atomic mass is 9.79. The van der Waals surface area contributed by atoms with Crippen molar-refractivity contribution in [1.82, 2.24) is 15.6 Å². The Morgan fingerprint density at radius 2 is 1.81 bits per heavy atom. The number of benzene rings is 2. The zero-order chi connectivity index (χ0) is 25.9. The van der Waals surface area contributed by atoms with E-state index in [9.17, 15) is 27.2 Å². The molecule has 0 saturated carbocycles. The van der Waals surface area contributed by atoms with Crippen LogP contribution in [0.3, 0.4) is 0 Å². The maximum Gasteiger partial charge on any atom is 0.416 e. The average molecular weight is 522 g/mol. The Morgan fingerprint density at radius 1 is 1.08 bits per heavy atom. The topological polar surface area (TPSA) is 80.3 Å². The summed E-state index contributed by atoms with van der Waals surface area (Å²) in [5, 5.41) is 5.42. The van der Waals surface area contributed by atoms with Crippen LogP contribution in [0.5, 0.6) is 0 Å². The molecule has 2 heterocycles. The highest BCUT2D eigenvalue weighted by atomic mass is 35.5. The maximum atomic E-state index is 14.6. The molecule has 2 N–H and O–H groups in total. The van der Waals surface area contributed by atoms with E-state index in [1.807, 2.05) is 0 Å². The third-order valence-corrected chi connectivity index (χ3v) is 5.99. The number of carbonyl (C=O) groups excluding carboxylic acids is 2. The average Bonchev–Trinajstić information content (AvgIpc) is 3.22. The lowest BCUT2D eigenvalue weighted by molar-refractivity contribution is -0.139. The number of esters is 1. The van der Waals surface area contributed by atoms with Crippen LogP contribution >= 0.6 is 11.6 Å². The lowest BCUT2D eigenvalue weighted by Crippen LogP contribution is -2.55. The van der Waals surface area contributed by atoms with Gasteiger partial charge in [-0.05, 0) is 41.5 Å². The molecule has 4 rings (SSSR count). The first-order valence-corrected chi connectivity index (χ1v) is 11.2. The zero-order valence-corrected chi connectivity index (χ0v) is 19.4. The number of nitrogens with zero attached hydrogens (tertiary/aromatic N) is 1. The number of nitrogens with one attached hydrogen (secondary N) is 2. The molecule has 2 amide bonds. The van der Waals surface area contributed by atoms with Gasteiger partial charge in [-0.25, -0.2) is 14.0 Å². The summed E-state index contributed by atoms with van der Waals surface area (Å²) in [4.78, 5) is 29.3. The van der Waals surface area contributed by atoms with Crippen LogP contribution in [0.4, 0.5) is 22.4 Å². The lowest BCUT2D eigenvalue weighted by Gasteiger charge is -2.36. The SMILES string of the molecule is O=C(N[C@H]1CCOC1=O)N[C@@](Cc1ccccc1)(c1cc(F)cc(C(F)(F)F)c1)c1ccc(Cl)cn1. The first-order chi connectivity index (χ1) is 17.1. The van der Waals surface area contributed by atoms with Gasteiger partial charge in [0.05, 0.1) is 22.9 Å². The van der Waals surface area contributed by atoms with E-state index < -0.39 is 41.1 Å². The largest absolute Gasteiger partial charge is 0.464 e. The first-order valence-electron chi connectivity index (χ1n) is 10.9. The minimum absolute atomic E-state index is 0.0915. The van der Waals surface area contributed by atoms with Gasteiger partial charge in [-0.3, -0.25) is 4.98 Å². The normalized spacial score (nSPS) is 17.2. The van der Waals surface area contributed by atoms with Crippen LogP contribution in [-0.2, 0) is 27.7 Å². The number of ether oxygens (including phenoxy) is 1. The number of urea groups is 1. The molecule has 1 saturated heterocycles. The molecule has 0 radical (unpaired) electrons. The molecule has 1 aromatic heterocycles. The molecule has 36 heavy (non-hydrogen) atoms. The van der Waals surface area contributed by atoms with Crippen molar-refractivity contribution in [3.05, 3.63) is 100 Å². The molecule has 1 aliphatic heterocycles. The van der Waals surface area contributed by atoms with Crippen molar-refractivity contribution in [2.24, 2.45) is 0 Å². The molecule has 11 heteroatoms. The fourth-order valence-electron chi connectivity index (χ4n) is 4.07. The van der Waals surface area contributed by atoms with Crippen LogP contribution in [0.25, 0.3) is 0 Å². The number of hydrogen-bond donors (Lipinski definition) is 2. The molecule has 188 valence electrons. The van der Waals surface area contributed by atoms with E-state index in [4.69, 9.17) is 16.3 Å². The van der Waals surface area contributed by atoms with Crippen LogP contribution in [0.2, 0.25) is 5.02 Å². The number of aromatic nitrogens is 1. The molecule has 6 nitrogen and oxygen atoms in total. The fourth-order valence-corrected chi connectivity index (χ4v) is 4.18. The smallest absolute Gasteiger partial charge is 0.416 e. The molecule has 2 atom stereocenters. The summed E-state index contributed by atoms with van der Waals surface area (Å²) in [5.41, 5.74) is -2.48. The third kappa shape index (κ3) is 5.59. The highest BCUT2D eigenvalue weighted by Crippen LogP contribution is 2.38. The third-order valence-electron chi connectivity index (χ3n) is 5.76. The summed E-state index contributed by atoms with van der Waals surface area (Å²) < 4.78 is 60.4. The quantitative estimate of drug-likeness (QED) is 0.354. The first kappa shape index (κ1) is 25.4. The summed E-state index contributed by atoms with van der Waals surface area (Å²) >= 11 is 5.99. The van der Waals surface area contributed by atoms with Crippen LogP contribution in [-0.4, -0.2) is 29.6 Å². The molecule has 0 unspecified atom stereocenters. The Bertz CT molecular complexity index is 1260. The fraction of sp³-hybridized carbons (Fsp3) is 0.240. The van der Waals surface area contributed by atoms with Crippen molar-refractivity contribution in [2.45, 2.75) is 30.6 Å². The predicted molar refractivity (Wildman–Crippen MR) is 123 cm³/mol. The summed E-state index contributed by atoms with van der Waals surface area (Å²) in [6.07, 6.45) is -3.44. The van der Waals surface area contributed by atoms with Gasteiger partial charge in [0.25, 0.3) is 0 Å². The molecular formula is C25H20ClF4N3O3. The van der Waals surface area contributed by atoms with Crippen LogP contribution < -0.4 is 10.6 Å². The molecule has 1 fully saturated rings. The molecular weight excluding hydrogens is 502 g/mol. The minimum atomic E-state index is -4.85. The minimum Gasteiger partial charge on any atom is -0.464 e. The van der Waals surface area contributed by atoms with Gasteiger partial charge in [0.2, 0.25) is 0 Å². The molecule has 1 aliphatic rings. The molecule has 3 aromatic rings. The standard InChI is InChI=1S/C25H20ClF4N3O3/c26-18-6-7-21(31-14-18)24(13-15-4-2-1-3-5-15,33-23(35)32-20-8-9-36-22(20)34)16-10-17(25(28,29)30)12-19(27)11-16/h1-7,10-12,14,20H,8-9,13H2,(H2,32,33,35)/t20-,24-/m0/s1. The Morgan fingerprint density at radius 3 is 2.42 bits per heavy atom. The second-order valence-electron chi connectivity index (χ2n) is 8.26. The second kappa shape index (κ2) is 10.1. The van der Waals surface area contributed by atoms with Crippen LogP contribution in [0.15, 0.2) is 66.9 Å². The van der Waals surface area contributed by atoms with E-state index in [-0.39, 0.29) is 35.7 Å². The monoisotopic (exact) mass is 521 g/mol. The van der Waals surface area contributed by atoms with Crippen molar-refractivity contribution >= 4 is 23.6 Å². The number of hydrogen-bond acceptors (Lipinski definition) is 4. The van der Waals surface area contributed by atoms with Gasteiger partial charge < -0.3 is 15.4 Å². The summed E-state index contributed by atoms with van der Waals surface area (Å²) in [7, 11) is 0. The van der Waals surface area contributed by atoms with E-state index in [0.29, 0.717) is 11.6 Å². The van der Waals surface area contributed by atoms with E-state index >= 15 is 0 Å². The van der Waals surface area contributed by atoms with Gasteiger partial charge in [-0.1, -0.05) is 41.9 Å². The molecule has 2 aromatic carbocycles. The Balaban J connectivity index is 1.89. The predicted octanol–water partition coefficient (Wildman–Crippen LogP) is 4.99. The van der Waals surface area contributed by atoms with E-state index in [2.05, 4.69) is 15.6 Å². The highest BCUT2D eigenvalue weighted by molar-refractivity contribution is 6.30. The van der Waals surface area contributed by atoms with E-state index in [0.717, 1.165) is 12.1 Å². The van der Waals surface area contributed by atoms with Crippen molar-refractivity contribution in [1.29, 1.82) is 0 Å². The van der Waals surface area contributed by atoms with E-state index in [1.54, 1.807) is 30.3 Å².